The smallest absolute Gasteiger partial charge is 0.223 e. The second kappa shape index (κ2) is 13.3. The lowest BCUT2D eigenvalue weighted by Gasteiger charge is -2.36. The van der Waals surface area contributed by atoms with Crippen LogP contribution in [0.2, 0.25) is 0 Å². The molecule has 1 saturated heterocycles. The van der Waals surface area contributed by atoms with Gasteiger partial charge in [0.25, 0.3) is 0 Å². The predicted molar refractivity (Wildman–Crippen MR) is 159 cm³/mol. The van der Waals surface area contributed by atoms with Crippen molar-refractivity contribution in [2.45, 2.75) is 64.3 Å². The van der Waals surface area contributed by atoms with Crippen LogP contribution in [0.4, 0.5) is 11.6 Å². The molecule has 38 heavy (non-hydrogen) atoms. The maximum atomic E-state index is 6.40. The minimum atomic E-state index is 0.171. The number of nitrogens with zero attached hydrogens (tertiary/aromatic N) is 3. The lowest BCUT2D eigenvalue weighted by Crippen LogP contribution is -2.42. The van der Waals surface area contributed by atoms with E-state index in [9.17, 15) is 0 Å². The van der Waals surface area contributed by atoms with Crippen molar-refractivity contribution in [1.82, 2.24) is 9.97 Å². The minimum Gasteiger partial charge on any atom is -0.475 e. The van der Waals surface area contributed by atoms with E-state index in [2.05, 4.69) is 91.6 Å². The van der Waals surface area contributed by atoms with Crippen molar-refractivity contribution in [3.8, 4) is 17.1 Å². The Bertz CT molecular complexity index is 1180. The van der Waals surface area contributed by atoms with Crippen LogP contribution in [0, 0.1) is 25.7 Å². The molecule has 2 N–H and O–H groups in total. The first-order valence-corrected chi connectivity index (χ1v) is 14.2. The van der Waals surface area contributed by atoms with Crippen molar-refractivity contribution < 1.29 is 9.47 Å². The van der Waals surface area contributed by atoms with Crippen LogP contribution >= 0.6 is 12.6 Å². The van der Waals surface area contributed by atoms with E-state index in [1.54, 1.807) is 0 Å². The Morgan fingerprint density at radius 1 is 1.05 bits per heavy atom. The third-order valence-electron chi connectivity index (χ3n) is 7.35. The van der Waals surface area contributed by atoms with Gasteiger partial charge in [0.1, 0.15) is 6.61 Å². The highest BCUT2D eigenvalue weighted by Gasteiger charge is 2.24. The number of nitrogen functional groups attached to an aromatic ring is 1. The number of aryl methyl sites for hydroxylation is 2. The van der Waals surface area contributed by atoms with E-state index in [1.165, 1.54) is 5.69 Å². The molecular formula is C31H42N4O2S. The first-order chi connectivity index (χ1) is 18.3. The Morgan fingerprint density at radius 3 is 2.45 bits per heavy atom. The molecule has 0 aliphatic carbocycles. The summed E-state index contributed by atoms with van der Waals surface area (Å²) in [6.07, 6.45) is 4.39. The Labute approximate surface area is 233 Å². The summed E-state index contributed by atoms with van der Waals surface area (Å²) in [5, 5.41) is 0. The van der Waals surface area contributed by atoms with Gasteiger partial charge in [0.2, 0.25) is 11.8 Å². The molecule has 1 unspecified atom stereocenters. The van der Waals surface area contributed by atoms with Crippen molar-refractivity contribution >= 4 is 24.3 Å². The van der Waals surface area contributed by atoms with Crippen molar-refractivity contribution in [2.24, 2.45) is 11.8 Å². The largest absolute Gasteiger partial charge is 0.475 e. The fourth-order valence-corrected chi connectivity index (χ4v) is 5.64. The fourth-order valence-electron chi connectivity index (χ4n) is 5.43. The molecule has 1 aliphatic rings. The van der Waals surface area contributed by atoms with Gasteiger partial charge in [-0.25, -0.2) is 4.98 Å². The van der Waals surface area contributed by atoms with Crippen LogP contribution in [0.15, 0.2) is 53.4 Å². The summed E-state index contributed by atoms with van der Waals surface area (Å²) in [5.41, 5.74) is 11.5. The lowest BCUT2D eigenvalue weighted by atomic mass is 9.95. The predicted octanol–water partition coefficient (Wildman–Crippen LogP) is 6.75. The highest BCUT2D eigenvalue weighted by molar-refractivity contribution is 7.80. The van der Waals surface area contributed by atoms with Crippen molar-refractivity contribution in [3.05, 3.63) is 59.7 Å². The number of thiol groups is 1. The molecule has 2 aromatic carbocycles. The molecule has 2 heterocycles. The Morgan fingerprint density at radius 2 is 1.76 bits per heavy atom. The van der Waals surface area contributed by atoms with E-state index < -0.39 is 0 Å². The SMILES string of the molecule is Cc1cccc(C)c1-c1cc(OCC(CC(C)C)N(CCC2CCOCC2)c2cccc(S)c2)nc(N)n1. The van der Waals surface area contributed by atoms with Crippen LogP contribution in [-0.2, 0) is 4.74 Å². The Hall–Kier alpha value is -2.77. The van der Waals surface area contributed by atoms with Crippen LogP contribution in [0.3, 0.4) is 0 Å². The van der Waals surface area contributed by atoms with Crippen LogP contribution in [0.1, 0.15) is 50.7 Å². The number of aromatic nitrogens is 2. The normalized spacial score (nSPS) is 15.0. The summed E-state index contributed by atoms with van der Waals surface area (Å²) in [6.45, 7) is 11.9. The molecule has 204 valence electrons. The second-order valence-corrected chi connectivity index (χ2v) is 11.4. The average Bonchev–Trinajstić information content (AvgIpc) is 2.87. The van der Waals surface area contributed by atoms with Gasteiger partial charge in [-0.2, -0.15) is 4.98 Å². The second-order valence-electron chi connectivity index (χ2n) is 10.9. The van der Waals surface area contributed by atoms with E-state index in [0.717, 1.165) is 72.7 Å². The molecular weight excluding hydrogens is 492 g/mol. The minimum absolute atomic E-state index is 0.171. The van der Waals surface area contributed by atoms with Gasteiger partial charge < -0.3 is 20.1 Å². The van der Waals surface area contributed by atoms with Crippen LogP contribution in [0.25, 0.3) is 11.3 Å². The molecule has 7 heteroatoms. The van der Waals surface area contributed by atoms with E-state index in [4.69, 9.17) is 15.2 Å². The van der Waals surface area contributed by atoms with Gasteiger partial charge in [-0.1, -0.05) is 38.1 Å². The molecule has 4 rings (SSSR count). The third-order valence-corrected chi connectivity index (χ3v) is 7.62. The molecule has 3 aromatic rings. The zero-order valence-corrected chi connectivity index (χ0v) is 24.1. The Kier molecular flexibility index (Phi) is 9.91. The van der Waals surface area contributed by atoms with Gasteiger partial charge in [-0.3, -0.25) is 0 Å². The average molecular weight is 535 g/mol. The number of ether oxygens (including phenoxy) is 2. The van der Waals surface area contributed by atoms with Crippen molar-refractivity contribution in [2.75, 3.05) is 37.0 Å². The van der Waals surface area contributed by atoms with Gasteiger partial charge in [-0.05, 0) is 80.7 Å². The summed E-state index contributed by atoms with van der Waals surface area (Å²) in [6, 6.07) is 16.8. The summed E-state index contributed by atoms with van der Waals surface area (Å²) in [4.78, 5) is 12.4. The molecule has 6 nitrogen and oxygen atoms in total. The molecule has 0 spiro atoms. The number of anilines is 2. The Balaban J connectivity index is 1.58. The topological polar surface area (TPSA) is 73.5 Å². The first kappa shape index (κ1) is 28.2. The van der Waals surface area contributed by atoms with Gasteiger partial charge in [0.05, 0.1) is 11.7 Å². The monoisotopic (exact) mass is 534 g/mol. The summed E-state index contributed by atoms with van der Waals surface area (Å²) in [7, 11) is 0. The van der Waals surface area contributed by atoms with Crippen LogP contribution in [0.5, 0.6) is 5.88 Å². The quantitative estimate of drug-likeness (QED) is 0.265. The van der Waals surface area contributed by atoms with Crippen LogP contribution in [-0.4, -0.2) is 42.4 Å². The van der Waals surface area contributed by atoms with E-state index in [1.807, 2.05) is 12.1 Å². The van der Waals surface area contributed by atoms with Gasteiger partial charge in [0.15, 0.2) is 0 Å². The maximum Gasteiger partial charge on any atom is 0.223 e. The molecule has 1 aromatic heterocycles. The van der Waals surface area contributed by atoms with Gasteiger partial charge >= 0.3 is 0 Å². The molecule has 0 bridgehead atoms. The van der Waals surface area contributed by atoms with Crippen LogP contribution < -0.4 is 15.4 Å². The third kappa shape index (κ3) is 7.64. The number of hydrogen-bond acceptors (Lipinski definition) is 7. The highest BCUT2D eigenvalue weighted by atomic mass is 32.1. The number of hydrogen-bond donors (Lipinski definition) is 2. The van der Waals surface area contributed by atoms with Crippen molar-refractivity contribution in [3.63, 3.8) is 0 Å². The number of rotatable bonds is 11. The van der Waals surface area contributed by atoms with Crippen molar-refractivity contribution in [1.29, 1.82) is 0 Å². The number of benzene rings is 2. The van der Waals surface area contributed by atoms with E-state index in [-0.39, 0.29) is 12.0 Å². The van der Waals surface area contributed by atoms with E-state index in [0.29, 0.717) is 24.3 Å². The summed E-state index contributed by atoms with van der Waals surface area (Å²) >= 11 is 4.63. The molecule has 1 atom stereocenters. The lowest BCUT2D eigenvalue weighted by molar-refractivity contribution is 0.0642. The summed E-state index contributed by atoms with van der Waals surface area (Å²) in [5.74, 6) is 1.93. The molecule has 0 amide bonds. The zero-order chi connectivity index (χ0) is 27.1. The van der Waals surface area contributed by atoms with E-state index >= 15 is 0 Å². The zero-order valence-electron chi connectivity index (χ0n) is 23.2. The molecule has 0 saturated carbocycles. The first-order valence-electron chi connectivity index (χ1n) is 13.8. The fraction of sp³-hybridized carbons (Fsp3) is 0.484. The standard InChI is InChI=1S/C31H42N4O2S/c1-21(2)17-26(35(25-9-6-10-27(38)18-25)14-11-24-12-15-36-16-13-24)20-37-29-19-28(33-31(32)34-29)30-22(3)7-5-8-23(30)4/h5-10,18-19,21,24,26,38H,11-17,20H2,1-4H3,(H2,32,33,34). The molecule has 1 aliphatic heterocycles. The maximum absolute atomic E-state index is 6.40. The van der Waals surface area contributed by atoms with Gasteiger partial charge in [0, 0.05) is 42.0 Å². The highest BCUT2D eigenvalue weighted by Crippen LogP contribution is 2.30. The molecule has 1 fully saturated rings. The number of nitrogens with two attached hydrogens (primary N) is 1. The summed E-state index contributed by atoms with van der Waals surface area (Å²) < 4.78 is 12.0. The molecule has 0 radical (unpaired) electrons. The van der Waals surface area contributed by atoms with Gasteiger partial charge in [-0.15, -0.1) is 12.6 Å².